The van der Waals surface area contributed by atoms with Crippen LogP contribution in [-0.4, -0.2) is 29.4 Å². The number of hydrogen-bond acceptors (Lipinski definition) is 5. The molecule has 0 unspecified atom stereocenters. The molecule has 0 atom stereocenters. The van der Waals surface area contributed by atoms with Crippen molar-refractivity contribution in [2.24, 2.45) is 0 Å². The molecule has 33 heavy (non-hydrogen) atoms. The Labute approximate surface area is 194 Å². The molecule has 0 aliphatic rings. The lowest BCUT2D eigenvalue weighted by Crippen LogP contribution is -2.31. The second kappa shape index (κ2) is 11.7. The normalized spacial score (nSPS) is 10.5. The number of carbonyl (C=O) groups excluding carboxylic acids is 2. The van der Waals surface area contributed by atoms with Crippen LogP contribution in [0.5, 0.6) is 11.5 Å². The number of carbonyl (C=O) groups is 2. The van der Waals surface area contributed by atoms with Gasteiger partial charge < -0.3 is 20.1 Å². The van der Waals surface area contributed by atoms with Crippen LogP contribution >= 0.6 is 0 Å². The molecule has 2 N–H and O–H groups in total. The van der Waals surface area contributed by atoms with Gasteiger partial charge in [0.1, 0.15) is 6.61 Å². The SMILES string of the molecule is CCOc1cc(C(=O)Nc2ccc(CC(=O)NC(C)C)cc2)ccc1OCc1ccncc1. The van der Waals surface area contributed by atoms with Crippen molar-refractivity contribution in [1.29, 1.82) is 0 Å². The summed E-state index contributed by atoms with van der Waals surface area (Å²) >= 11 is 0. The summed E-state index contributed by atoms with van der Waals surface area (Å²) in [5.41, 5.74) is 2.96. The Bertz CT molecular complexity index is 1070. The predicted molar refractivity (Wildman–Crippen MR) is 128 cm³/mol. The molecule has 2 aromatic carbocycles. The Morgan fingerprint density at radius 2 is 1.64 bits per heavy atom. The summed E-state index contributed by atoms with van der Waals surface area (Å²) in [6, 6.07) is 16.2. The number of anilines is 1. The highest BCUT2D eigenvalue weighted by molar-refractivity contribution is 6.04. The summed E-state index contributed by atoms with van der Waals surface area (Å²) < 4.78 is 11.6. The summed E-state index contributed by atoms with van der Waals surface area (Å²) in [6.45, 7) is 6.54. The van der Waals surface area contributed by atoms with Gasteiger partial charge in [-0.1, -0.05) is 12.1 Å². The molecule has 0 aliphatic heterocycles. The molecule has 2 amide bonds. The quantitative estimate of drug-likeness (QED) is 0.481. The number of amides is 2. The first-order valence-electron chi connectivity index (χ1n) is 10.9. The topological polar surface area (TPSA) is 89.5 Å². The molecule has 1 heterocycles. The number of hydrogen-bond donors (Lipinski definition) is 2. The summed E-state index contributed by atoms with van der Waals surface area (Å²) in [6.07, 6.45) is 3.72. The first-order chi connectivity index (χ1) is 15.9. The van der Waals surface area contributed by atoms with E-state index < -0.39 is 0 Å². The minimum Gasteiger partial charge on any atom is -0.490 e. The van der Waals surface area contributed by atoms with E-state index in [0.29, 0.717) is 42.4 Å². The van der Waals surface area contributed by atoms with Crippen molar-refractivity contribution in [1.82, 2.24) is 10.3 Å². The number of rotatable bonds is 10. The lowest BCUT2D eigenvalue weighted by molar-refractivity contribution is -0.120. The first-order valence-corrected chi connectivity index (χ1v) is 10.9. The van der Waals surface area contributed by atoms with Gasteiger partial charge in [0.2, 0.25) is 5.91 Å². The Kier molecular flexibility index (Phi) is 8.41. The van der Waals surface area contributed by atoms with Crippen molar-refractivity contribution in [2.75, 3.05) is 11.9 Å². The van der Waals surface area contributed by atoms with Crippen LogP contribution in [0.2, 0.25) is 0 Å². The van der Waals surface area contributed by atoms with E-state index in [4.69, 9.17) is 9.47 Å². The zero-order chi connectivity index (χ0) is 23.6. The molecule has 0 fully saturated rings. The van der Waals surface area contributed by atoms with Crippen LogP contribution in [0.4, 0.5) is 5.69 Å². The maximum absolute atomic E-state index is 12.8. The van der Waals surface area contributed by atoms with E-state index >= 15 is 0 Å². The van der Waals surface area contributed by atoms with Gasteiger partial charge in [0.15, 0.2) is 11.5 Å². The summed E-state index contributed by atoms with van der Waals surface area (Å²) in [5, 5.41) is 5.74. The molecule has 0 saturated heterocycles. The molecule has 3 aromatic rings. The van der Waals surface area contributed by atoms with E-state index in [1.165, 1.54) is 0 Å². The van der Waals surface area contributed by atoms with Gasteiger partial charge in [-0.05, 0) is 74.4 Å². The average molecular weight is 448 g/mol. The highest BCUT2D eigenvalue weighted by atomic mass is 16.5. The number of nitrogens with zero attached hydrogens (tertiary/aromatic N) is 1. The number of aromatic nitrogens is 1. The first kappa shape index (κ1) is 23.8. The van der Waals surface area contributed by atoms with Crippen molar-refractivity contribution in [2.45, 2.75) is 39.8 Å². The van der Waals surface area contributed by atoms with Gasteiger partial charge in [0.05, 0.1) is 13.0 Å². The molecule has 3 rings (SSSR count). The largest absolute Gasteiger partial charge is 0.490 e. The predicted octanol–water partition coefficient (Wildman–Crippen LogP) is 4.38. The van der Waals surface area contributed by atoms with Crippen molar-refractivity contribution in [3.63, 3.8) is 0 Å². The van der Waals surface area contributed by atoms with Gasteiger partial charge in [-0.2, -0.15) is 0 Å². The molecule has 1 aromatic heterocycles. The van der Waals surface area contributed by atoms with E-state index in [2.05, 4.69) is 15.6 Å². The monoisotopic (exact) mass is 447 g/mol. The maximum Gasteiger partial charge on any atom is 0.255 e. The molecule has 0 spiro atoms. The minimum atomic E-state index is -0.262. The van der Waals surface area contributed by atoms with E-state index in [-0.39, 0.29) is 17.9 Å². The highest BCUT2D eigenvalue weighted by Crippen LogP contribution is 2.29. The van der Waals surface area contributed by atoms with Crippen molar-refractivity contribution in [3.8, 4) is 11.5 Å². The van der Waals surface area contributed by atoms with Crippen LogP contribution in [0.25, 0.3) is 0 Å². The summed E-state index contributed by atoms with van der Waals surface area (Å²) in [7, 11) is 0. The molecular weight excluding hydrogens is 418 g/mol. The Morgan fingerprint density at radius 3 is 2.30 bits per heavy atom. The molecule has 0 aliphatic carbocycles. The minimum absolute atomic E-state index is 0.0310. The van der Waals surface area contributed by atoms with Gasteiger partial charge >= 0.3 is 0 Å². The van der Waals surface area contributed by atoms with E-state index in [0.717, 1.165) is 11.1 Å². The summed E-state index contributed by atoms with van der Waals surface area (Å²) in [5.74, 6) is 0.776. The second-order valence-corrected chi connectivity index (χ2v) is 7.79. The van der Waals surface area contributed by atoms with Crippen molar-refractivity contribution < 1.29 is 19.1 Å². The van der Waals surface area contributed by atoms with E-state index in [1.54, 1.807) is 42.7 Å². The van der Waals surface area contributed by atoms with Crippen LogP contribution in [0.15, 0.2) is 67.0 Å². The zero-order valence-corrected chi connectivity index (χ0v) is 19.1. The molecular formula is C26H29N3O4. The number of pyridine rings is 1. The summed E-state index contributed by atoms with van der Waals surface area (Å²) in [4.78, 5) is 28.7. The standard InChI is InChI=1S/C26H29N3O4/c1-4-32-24-16-21(7-10-23(24)33-17-20-11-13-27-14-12-20)26(31)29-22-8-5-19(6-9-22)15-25(30)28-18(2)3/h5-14,16,18H,4,15,17H2,1-3H3,(H,28,30)(H,29,31). The maximum atomic E-state index is 12.8. The third kappa shape index (κ3) is 7.35. The van der Waals surface area contributed by atoms with Crippen molar-refractivity contribution in [3.05, 3.63) is 83.7 Å². The van der Waals surface area contributed by atoms with Crippen LogP contribution in [0, 0.1) is 0 Å². The fraction of sp³-hybridized carbons (Fsp3) is 0.269. The third-order valence-corrected chi connectivity index (χ3v) is 4.68. The Hall–Kier alpha value is -3.87. The fourth-order valence-electron chi connectivity index (χ4n) is 3.14. The molecule has 0 bridgehead atoms. The van der Waals surface area contributed by atoms with E-state index in [1.807, 2.05) is 45.0 Å². The van der Waals surface area contributed by atoms with Gasteiger partial charge in [0, 0.05) is 29.7 Å². The van der Waals surface area contributed by atoms with Crippen LogP contribution in [-0.2, 0) is 17.8 Å². The van der Waals surface area contributed by atoms with Crippen LogP contribution in [0.1, 0.15) is 42.3 Å². The lowest BCUT2D eigenvalue weighted by atomic mass is 10.1. The van der Waals surface area contributed by atoms with E-state index in [9.17, 15) is 9.59 Å². The molecule has 172 valence electrons. The van der Waals surface area contributed by atoms with Gasteiger partial charge in [-0.15, -0.1) is 0 Å². The van der Waals surface area contributed by atoms with Crippen molar-refractivity contribution >= 4 is 17.5 Å². The number of nitrogens with one attached hydrogen (secondary N) is 2. The Morgan fingerprint density at radius 1 is 0.909 bits per heavy atom. The number of benzene rings is 2. The average Bonchev–Trinajstić information content (AvgIpc) is 2.80. The fourth-order valence-corrected chi connectivity index (χ4v) is 3.14. The number of ether oxygens (including phenoxy) is 2. The molecule has 7 heteroatoms. The second-order valence-electron chi connectivity index (χ2n) is 7.79. The van der Waals surface area contributed by atoms with Gasteiger partial charge in [-0.25, -0.2) is 0 Å². The molecule has 0 radical (unpaired) electrons. The smallest absolute Gasteiger partial charge is 0.255 e. The molecule has 0 saturated carbocycles. The zero-order valence-electron chi connectivity index (χ0n) is 19.1. The van der Waals surface area contributed by atoms with Gasteiger partial charge in [0.25, 0.3) is 5.91 Å². The Balaban J connectivity index is 1.64. The molecule has 7 nitrogen and oxygen atoms in total. The van der Waals surface area contributed by atoms with Gasteiger partial charge in [-0.3, -0.25) is 14.6 Å². The third-order valence-electron chi connectivity index (χ3n) is 4.68. The lowest BCUT2D eigenvalue weighted by Gasteiger charge is -2.14. The van der Waals surface area contributed by atoms with Crippen LogP contribution in [0.3, 0.4) is 0 Å². The van der Waals surface area contributed by atoms with Crippen LogP contribution < -0.4 is 20.1 Å². The highest BCUT2D eigenvalue weighted by Gasteiger charge is 2.13.